The van der Waals surface area contributed by atoms with Crippen LogP contribution in [0.4, 0.5) is 0 Å². The summed E-state index contributed by atoms with van der Waals surface area (Å²) in [5.74, 6) is 0.0181. The average molecular weight is 270 g/mol. The molecule has 0 radical (unpaired) electrons. The van der Waals surface area contributed by atoms with Crippen LogP contribution < -0.4 is 10.6 Å². The first-order valence-electron chi connectivity index (χ1n) is 7.44. The van der Waals surface area contributed by atoms with Crippen molar-refractivity contribution in [3.8, 4) is 0 Å². The number of nitrogens with one attached hydrogen (secondary N) is 2. The lowest BCUT2D eigenvalue weighted by Gasteiger charge is -2.40. The van der Waals surface area contributed by atoms with E-state index in [4.69, 9.17) is 4.74 Å². The van der Waals surface area contributed by atoms with Gasteiger partial charge in [-0.3, -0.25) is 4.79 Å². The number of carbonyl (C=O) groups excluding carboxylic acids is 1. The van der Waals surface area contributed by atoms with E-state index in [1.165, 1.54) is 0 Å². The predicted octanol–water partition coefficient (Wildman–Crippen LogP) is 0.563. The van der Waals surface area contributed by atoms with Crippen LogP contribution >= 0.6 is 0 Å². The smallest absolute Gasteiger partial charge is 0.237 e. The zero-order valence-corrected chi connectivity index (χ0v) is 11.9. The second-order valence-electron chi connectivity index (χ2n) is 5.79. The summed E-state index contributed by atoms with van der Waals surface area (Å²) in [5.41, 5.74) is -0.0706. The van der Waals surface area contributed by atoms with Crippen LogP contribution in [0.1, 0.15) is 46.0 Å². The monoisotopic (exact) mass is 270 g/mol. The number of amides is 1. The number of aliphatic hydroxyl groups excluding tert-OH is 1. The van der Waals surface area contributed by atoms with Gasteiger partial charge in [-0.2, -0.15) is 0 Å². The molecular weight excluding hydrogens is 244 g/mol. The van der Waals surface area contributed by atoms with E-state index in [1.54, 1.807) is 0 Å². The first-order valence-corrected chi connectivity index (χ1v) is 7.44. The standard InChI is InChI=1S/C14H26N2O3/c1-3-14(4-2)8-10(5-6-19-14)16-13(18)12-7-11(17)9-15-12/h10-12,15,17H,3-9H2,1-2H3,(H,16,18). The lowest BCUT2D eigenvalue weighted by Crippen LogP contribution is -2.51. The summed E-state index contributed by atoms with van der Waals surface area (Å²) in [5, 5.41) is 15.6. The second kappa shape index (κ2) is 6.20. The van der Waals surface area contributed by atoms with E-state index in [9.17, 15) is 9.90 Å². The predicted molar refractivity (Wildman–Crippen MR) is 72.8 cm³/mol. The summed E-state index contributed by atoms with van der Waals surface area (Å²) in [6.07, 6.45) is 3.86. The van der Waals surface area contributed by atoms with E-state index in [2.05, 4.69) is 24.5 Å². The molecule has 3 atom stereocenters. The highest BCUT2D eigenvalue weighted by Gasteiger charge is 2.36. The topological polar surface area (TPSA) is 70.6 Å². The number of ether oxygens (including phenoxy) is 1. The van der Waals surface area contributed by atoms with Gasteiger partial charge >= 0.3 is 0 Å². The minimum Gasteiger partial charge on any atom is -0.392 e. The largest absolute Gasteiger partial charge is 0.392 e. The van der Waals surface area contributed by atoms with Gasteiger partial charge in [0.15, 0.2) is 0 Å². The van der Waals surface area contributed by atoms with Gasteiger partial charge in [0.1, 0.15) is 0 Å². The quantitative estimate of drug-likeness (QED) is 0.698. The molecule has 0 aliphatic carbocycles. The maximum absolute atomic E-state index is 12.1. The molecule has 3 unspecified atom stereocenters. The molecule has 2 aliphatic rings. The molecular formula is C14H26N2O3. The number of hydrogen-bond acceptors (Lipinski definition) is 4. The van der Waals surface area contributed by atoms with Crippen LogP contribution in [0, 0.1) is 0 Å². The van der Waals surface area contributed by atoms with Gasteiger partial charge in [0.25, 0.3) is 0 Å². The summed E-state index contributed by atoms with van der Waals surface area (Å²) >= 11 is 0. The van der Waals surface area contributed by atoms with Gasteiger partial charge in [-0.1, -0.05) is 13.8 Å². The maximum atomic E-state index is 12.1. The van der Waals surface area contributed by atoms with E-state index < -0.39 is 6.10 Å². The molecule has 1 amide bonds. The van der Waals surface area contributed by atoms with Crippen molar-refractivity contribution >= 4 is 5.91 Å². The fraction of sp³-hybridized carbons (Fsp3) is 0.929. The third kappa shape index (κ3) is 3.46. The molecule has 2 rings (SSSR count). The van der Waals surface area contributed by atoms with Crippen LogP contribution in [0.5, 0.6) is 0 Å². The van der Waals surface area contributed by atoms with Crippen molar-refractivity contribution < 1.29 is 14.6 Å². The van der Waals surface area contributed by atoms with Crippen LogP contribution in [0.2, 0.25) is 0 Å². The highest BCUT2D eigenvalue weighted by atomic mass is 16.5. The molecule has 5 heteroatoms. The number of hydrogen-bond donors (Lipinski definition) is 3. The first-order chi connectivity index (χ1) is 9.08. The molecule has 2 heterocycles. The molecule has 2 saturated heterocycles. The van der Waals surface area contributed by atoms with Crippen LogP contribution in [-0.2, 0) is 9.53 Å². The van der Waals surface area contributed by atoms with Crippen LogP contribution in [-0.4, -0.2) is 48.0 Å². The molecule has 0 aromatic carbocycles. The number of carbonyl (C=O) groups is 1. The Labute approximate surface area is 115 Å². The van der Waals surface area contributed by atoms with Gasteiger partial charge < -0.3 is 20.5 Å². The average Bonchev–Trinajstić information content (AvgIpc) is 2.85. The van der Waals surface area contributed by atoms with E-state index in [0.29, 0.717) is 19.6 Å². The normalized spacial score (nSPS) is 34.2. The summed E-state index contributed by atoms with van der Waals surface area (Å²) in [4.78, 5) is 12.1. The molecule has 2 fully saturated rings. The number of rotatable bonds is 4. The summed E-state index contributed by atoms with van der Waals surface area (Å²) in [6, 6.07) is -0.0452. The minimum absolute atomic E-state index is 0.0181. The van der Waals surface area contributed by atoms with Crippen LogP contribution in [0.3, 0.4) is 0 Å². The lowest BCUT2D eigenvalue weighted by molar-refractivity contribution is -0.127. The summed E-state index contributed by atoms with van der Waals surface area (Å²) < 4.78 is 5.91. The molecule has 0 saturated carbocycles. The first kappa shape index (κ1) is 14.8. The minimum atomic E-state index is -0.393. The molecule has 2 aliphatic heterocycles. The van der Waals surface area contributed by atoms with Crippen molar-refractivity contribution in [1.29, 1.82) is 0 Å². The third-order valence-electron chi connectivity index (χ3n) is 4.55. The fourth-order valence-electron chi connectivity index (χ4n) is 3.11. The molecule has 3 N–H and O–H groups in total. The van der Waals surface area contributed by atoms with E-state index in [-0.39, 0.29) is 23.6 Å². The van der Waals surface area contributed by atoms with Crippen molar-refractivity contribution in [3.05, 3.63) is 0 Å². The van der Waals surface area contributed by atoms with Crippen molar-refractivity contribution in [2.24, 2.45) is 0 Å². The fourth-order valence-corrected chi connectivity index (χ4v) is 3.11. The van der Waals surface area contributed by atoms with Gasteiger partial charge in [-0.25, -0.2) is 0 Å². The Hall–Kier alpha value is -0.650. The Morgan fingerprint density at radius 1 is 1.47 bits per heavy atom. The van der Waals surface area contributed by atoms with Gasteiger partial charge in [0.2, 0.25) is 5.91 Å². The van der Waals surface area contributed by atoms with E-state index >= 15 is 0 Å². The summed E-state index contributed by atoms with van der Waals surface area (Å²) in [6.45, 7) is 5.51. The van der Waals surface area contributed by atoms with Crippen molar-refractivity contribution in [3.63, 3.8) is 0 Å². The van der Waals surface area contributed by atoms with Gasteiger partial charge in [-0.05, 0) is 32.1 Å². The maximum Gasteiger partial charge on any atom is 0.237 e. The Morgan fingerprint density at radius 2 is 2.21 bits per heavy atom. The van der Waals surface area contributed by atoms with Crippen LogP contribution in [0.25, 0.3) is 0 Å². The zero-order valence-electron chi connectivity index (χ0n) is 11.9. The van der Waals surface area contributed by atoms with E-state index in [1.807, 2.05) is 0 Å². The SMILES string of the molecule is CCC1(CC)CC(NC(=O)C2CC(O)CN2)CCO1. The van der Waals surface area contributed by atoms with Gasteiger partial charge in [0.05, 0.1) is 17.7 Å². The van der Waals surface area contributed by atoms with Crippen molar-refractivity contribution in [2.45, 2.75) is 69.7 Å². The molecule has 19 heavy (non-hydrogen) atoms. The van der Waals surface area contributed by atoms with Crippen LogP contribution in [0.15, 0.2) is 0 Å². The zero-order chi connectivity index (χ0) is 13.9. The second-order valence-corrected chi connectivity index (χ2v) is 5.79. The van der Waals surface area contributed by atoms with E-state index in [0.717, 1.165) is 25.7 Å². The molecule has 5 nitrogen and oxygen atoms in total. The van der Waals surface area contributed by atoms with Gasteiger partial charge in [-0.15, -0.1) is 0 Å². The third-order valence-corrected chi connectivity index (χ3v) is 4.55. The Morgan fingerprint density at radius 3 is 2.79 bits per heavy atom. The van der Waals surface area contributed by atoms with Crippen molar-refractivity contribution in [2.75, 3.05) is 13.2 Å². The molecule has 110 valence electrons. The highest BCUT2D eigenvalue weighted by molar-refractivity contribution is 5.82. The molecule has 0 aromatic rings. The molecule has 0 aromatic heterocycles. The molecule has 0 bridgehead atoms. The number of β-amino-alcohol motifs (C(OH)–C–C–N with tert-alkyl or cyclic N) is 1. The Bertz CT molecular complexity index is 318. The van der Waals surface area contributed by atoms with Crippen molar-refractivity contribution in [1.82, 2.24) is 10.6 Å². The molecule has 0 spiro atoms. The number of aliphatic hydroxyl groups is 1. The summed E-state index contributed by atoms with van der Waals surface area (Å²) in [7, 11) is 0. The highest BCUT2D eigenvalue weighted by Crippen LogP contribution is 2.31. The Balaban J connectivity index is 1.86. The Kier molecular flexibility index (Phi) is 4.81. The van der Waals surface area contributed by atoms with Gasteiger partial charge in [0, 0.05) is 19.2 Å². The lowest BCUT2D eigenvalue weighted by atomic mass is 9.86.